The molecule has 3 rings (SSSR count). The average Bonchev–Trinajstić information content (AvgIpc) is 2.83. The minimum atomic E-state index is -3.92. The minimum absolute atomic E-state index is 0.0765. The summed E-state index contributed by atoms with van der Waals surface area (Å²) in [6.07, 6.45) is 1.69. The van der Waals surface area contributed by atoms with Crippen LogP contribution in [0, 0.1) is 13.8 Å². The van der Waals surface area contributed by atoms with Gasteiger partial charge in [0.1, 0.15) is 16.4 Å². The van der Waals surface area contributed by atoms with Crippen molar-refractivity contribution in [3.05, 3.63) is 82.7 Å². The summed E-state index contributed by atoms with van der Waals surface area (Å²) in [5.41, 5.74) is 3.45. The van der Waals surface area contributed by atoms with Gasteiger partial charge in [0.2, 0.25) is 10.0 Å². The molecule has 0 unspecified atom stereocenters. The lowest BCUT2D eigenvalue weighted by atomic mass is 10.1. The van der Waals surface area contributed by atoms with E-state index in [1.165, 1.54) is 36.7 Å². The highest BCUT2D eigenvalue weighted by Gasteiger charge is 2.26. The maximum absolute atomic E-state index is 13.3. The third kappa shape index (κ3) is 5.37. The Labute approximate surface area is 200 Å². The molecule has 0 bridgehead atoms. The maximum Gasteiger partial charge on any atom is 0.251 e. The Kier molecular flexibility index (Phi) is 7.90. The molecule has 3 aromatic rings. The van der Waals surface area contributed by atoms with Crippen molar-refractivity contribution in [2.24, 2.45) is 0 Å². The predicted octanol–water partition coefficient (Wildman–Crippen LogP) is 3.47. The van der Waals surface area contributed by atoms with Crippen molar-refractivity contribution in [1.29, 1.82) is 0 Å². The lowest BCUT2D eigenvalue weighted by Crippen LogP contribution is -2.28. The van der Waals surface area contributed by atoms with Gasteiger partial charge in [0.15, 0.2) is 0 Å². The Bertz CT molecular complexity index is 1280. The summed E-state index contributed by atoms with van der Waals surface area (Å²) < 4.78 is 38.5. The molecule has 8 nitrogen and oxygen atoms in total. The summed E-state index contributed by atoms with van der Waals surface area (Å²) in [6, 6.07) is 13.6. The lowest BCUT2D eigenvalue weighted by Gasteiger charge is -2.19. The van der Waals surface area contributed by atoms with Gasteiger partial charge in [0, 0.05) is 36.5 Å². The Hall–Kier alpha value is -3.43. The Morgan fingerprint density at radius 2 is 1.76 bits per heavy atom. The fourth-order valence-corrected chi connectivity index (χ4v) is 4.96. The third-order valence-corrected chi connectivity index (χ3v) is 7.35. The molecule has 2 aromatic carbocycles. The molecule has 0 spiro atoms. The van der Waals surface area contributed by atoms with Gasteiger partial charge in [-0.15, -0.1) is 0 Å². The van der Waals surface area contributed by atoms with Crippen LogP contribution in [0.1, 0.15) is 32.7 Å². The van der Waals surface area contributed by atoms with Crippen LogP contribution in [0.25, 0.3) is 0 Å². The molecule has 0 aliphatic heterocycles. The summed E-state index contributed by atoms with van der Waals surface area (Å²) in [7, 11) is 0.552. The van der Waals surface area contributed by atoms with Crippen LogP contribution in [0.3, 0.4) is 0 Å². The van der Waals surface area contributed by atoms with Gasteiger partial charge >= 0.3 is 0 Å². The van der Waals surface area contributed by atoms with Crippen LogP contribution < -0.4 is 14.8 Å². The van der Waals surface area contributed by atoms with Crippen molar-refractivity contribution in [2.75, 3.05) is 21.3 Å². The number of aryl methyl sites for hydroxylation is 1. The minimum Gasteiger partial charge on any atom is -0.496 e. The predicted molar refractivity (Wildman–Crippen MR) is 130 cm³/mol. The van der Waals surface area contributed by atoms with E-state index < -0.39 is 15.9 Å². The van der Waals surface area contributed by atoms with E-state index in [9.17, 15) is 13.2 Å². The van der Waals surface area contributed by atoms with Crippen molar-refractivity contribution in [2.45, 2.75) is 31.8 Å². The fraction of sp³-hybridized carbons (Fsp3) is 0.280. The van der Waals surface area contributed by atoms with Crippen LogP contribution in [-0.2, 0) is 23.1 Å². The van der Waals surface area contributed by atoms with Gasteiger partial charge in [0.25, 0.3) is 5.91 Å². The summed E-state index contributed by atoms with van der Waals surface area (Å²) in [6.45, 7) is 4.13. The van der Waals surface area contributed by atoms with E-state index >= 15 is 0 Å². The number of methoxy groups -OCH3 is 2. The number of nitrogens with zero attached hydrogens (tertiary/aromatic N) is 2. The molecule has 0 fully saturated rings. The van der Waals surface area contributed by atoms with Crippen molar-refractivity contribution in [3.8, 4) is 11.5 Å². The highest BCUT2D eigenvalue weighted by molar-refractivity contribution is 7.89. The highest BCUT2D eigenvalue weighted by Crippen LogP contribution is 2.28. The number of amides is 1. The highest BCUT2D eigenvalue weighted by atomic mass is 32.2. The number of nitrogens with one attached hydrogen (secondary N) is 1. The molecule has 0 radical (unpaired) electrons. The normalized spacial score (nSPS) is 11.4. The molecule has 0 aliphatic carbocycles. The zero-order valence-corrected chi connectivity index (χ0v) is 20.8. The molecule has 0 saturated heterocycles. The molecular formula is C25H29N3O5S. The number of carbonyl (C=O) groups is 1. The first-order chi connectivity index (χ1) is 16.2. The standard InChI is InChI=1S/C25H29N3O5S/c1-17-14-26-21(18(2)24(17)33-5)15-27-25(29)20-11-12-22(32-4)23(13-20)34(30,31)28(3)16-19-9-7-6-8-10-19/h6-14H,15-16H2,1-5H3,(H,27,29). The van der Waals surface area contributed by atoms with E-state index in [1.807, 2.05) is 44.2 Å². The van der Waals surface area contributed by atoms with E-state index in [4.69, 9.17) is 9.47 Å². The van der Waals surface area contributed by atoms with Gasteiger partial charge in [-0.2, -0.15) is 4.31 Å². The first-order valence-corrected chi connectivity index (χ1v) is 12.1. The number of sulfonamides is 1. The van der Waals surface area contributed by atoms with Crippen molar-refractivity contribution in [1.82, 2.24) is 14.6 Å². The number of hydrogen-bond donors (Lipinski definition) is 1. The summed E-state index contributed by atoms with van der Waals surface area (Å²) in [5, 5.41) is 2.81. The van der Waals surface area contributed by atoms with Crippen molar-refractivity contribution < 1.29 is 22.7 Å². The second-order valence-electron chi connectivity index (χ2n) is 7.84. The number of benzene rings is 2. The molecule has 1 amide bonds. The Balaban J connectivity index is 1.84. The van der Waals surface area contributed by atoms with Gasteiger partial charge in [0.05, 0.1) is 26.5 Å². The molecule has 1 heterocycles. The largest absolute Gasteiger partial charge is 0.496 e. The van der Waals surface area contributed by atoms with Crippen LogP contribution in [0.5, 0.6) is 11.5 Å². The number of aromatic nitrogens is 1. The second-order valence-corrected chi connectivity index (χ2v) is 9.85. The molecular weight excluding hydrogens is 454 g/mol. The number of pyridine rings is 1. The van der Waals surface area contributed by atoms with Crippen LogP contribution in [0.15, 0.2) is 59.6 Å². The second kappa shape index (κ2) is 10.7. The Morgan fingerprint density at radius 3 is 2.41 bits per heavy atom. The van der Waals surface area contributed by atoms with Crippen molar-refractivity contribution in [3.63, 3.8) is 0 Å². The molecule has 180 valence electrons. The van der Waals surface area contributed by atoms with Gasteiger partial charge in [-0.05, 0) is 37.6 Å². The molecule has 0 atom stereocenters. The smallest absolute Gasteiger partial charge is 0.251 e. The van der Waals surface area contributed by atoms with E-state index in [2.05, 4.69) is 10.3 Å². The maximum atomic E-state index is 13.3. The zero-order valence-electron chi connectivity index (χ0n) is 20.0. The number of hydrogen-bond acceptors (Lipinski definition) is 6. The third-order valence-electron chi connectivity index (χ3n) is 5.53. The van der Waals surface area contributed by atoms with Crippen LogP contribution in [0.2, 0.25) is 0 Å². The lowest BCUT2D eigenvalue weighted by molar-refractivity contribution is 0.0950. The zero-order chi connectivity index (χ0) is 24.9. The number of carbonyl (C=O) groups excluding carboxylic acids is 1. The van der Waals surface area contributed by atoms with Gasteiger partial charge < -0.3 is 14.8 Å². The van der Waals surface area contributed by atoms with Gasteiger partial charge in [-0.25, -0.2) is 8.42 Å². The van der Waals surface area contributed by atoms with Crippen LogP contribution in [-0.4, -0.2) is 44.9 Å². The van der Waals surface area contributed by atoms with Gasteiger partial charge in [-0.1, -0.05) is 30.3 Å². The molecule has 34 heavy (non-hydrogen) atoms. The van der Waals surface area contributed by atoms with Gasteiger partial charge in [-0.3, -0.25) is 9.78 Å². The first-order valence-electron chi connectivity index (χ1n) is 10.6. The monoisotopic (exact) mass is 483 g/mol. The van der Waals surface area contributed by atoms with E-state index in [0.29, 0.717) is 5.69 Å². The Morgan fingerprint density at radius 1 is 1.06 bits per heavy atom. The van der Waals surface area contributed by atoms with E-state index in [-0.39, 0.29) is 29.3 Å². The fourth-order valence-electron chi connectivity index (χ4n) is 3.63. The summed E-state index contributed by atoms with van der Waals surface area (Å²) in [4.78, 5) is 17.2. The number of ether oxygens (including phenoxy) is 2. The van der Waals surface area contributed by atoms with Crippen LogP contribution in [0.4, 0.5) is 0 Å². The first kappa shape index (κ1) is 25.2. The van der Waals surface area contributed by atoms with E-state index in [0.717, 1.165) is 22.4 Å². The molecule has 0 saturated carbocycles. The molecule has 0 aliphatic rings. The summed E-state index contributed by atoms with van der Waals surface area (Å²) >= 11 is 0. The van der Waals surface area contributed by atoms with E-state index in [1.54, 1.807) is 13.3 Å². The summed E-state index contributed by atoms with van der Waals surface area (Å²) in [5.74, 6) is 0.460. The topological polar surface area (TPSA) is 97.8 Å². The van der Waals surface area contributed by atoms with Crippen molar-refractivity contribution >= 4 is 15.9 Å². The quantitative estimate of drug-likeness (QED) is 0.501. The average molecular weight is 484 g/mol. The number of rotatable bonds is 9. The van der Waals surface area contributed by atoms with Crippen LogP contribution >= 0.6 is 0 Å². The molecule has 9 heteroatoms. The SMILES string of the molecule is COc1ccc(C(=O)NCc2ncc(C)c(OC)c2C)cc1S(=O)(=O)N(C)Cc1ccccc1. The molecule has 1 N–H and O–H groups in total. The molecule has 1 aromatic heterocycles.